The molecule has 1 unspecified atom stereocenters. The molecule has 0 spiro atoms. The van der Waals surface area contributed by atoms with Gasteiger partial charge in [-0.3, -0.25) is 4.57 Å². The third-order valence-corrected chi connectivity index (χ3v) is 6.54. The molecule has 0 radical (unpaired) electrons. The first-order valence-electron chi connectivity index (χ1n) is 11.2. The Morgan fingerprint density at radius 1 is 0.931 bits per heavy atom. The number of phosphoric acid groups is 1. The normalized spacial score (nSPS) is 34.8. The highest BCUT2D eigenvalue weighted by Crippen LogP contribution is 2.47. The minimum atomic E-state index is -4.45. The minimum absolute atomic E-state index is 0.256. The van der Waals surface area contributed by atoms with Crippen LogP contribution in [0.15, 0.2) is 0 Å². The molecule has 2 fully saturated rings. The van der Waals surface area contributed by atoms with E-state index in [0.717, 1.165) is 19.3 Å². The average molecular weight is 437 g/mol. The number of rotatable bonds is 14. The monoisotopic (exact) mass is 437 g/mol. The van der Waals surface area contributed by atoms with Crippen molar-refractivity contribution in [1.29, 1.82) is 0 Å². The molecular weight excluding hydrogens is 399 g/mol. The van der Waals surface area contributed by atoms with Gasteiger partial charge in [-0.15, -0.1) is 0 Å². The van der Waals surface area contributed by atoms with Gasteiger partial charge in [0.05, 0.1) is 6.61 Å². The van der Waals surface area contributed by atoms with E-state index in [2.05, 4.69) is 11.4 Å². The molecule has 0 bridgehead atoms. The molecule has 0 amide bonds. The van der Waals surface area contributed by atoms with Crippen LogP contribution in [0.2, 0.25) is 0 Å². The van der Waals surface area contributed by atoms with E-state index in [4.69, 9.17) is 14.0 Å². The summed E-state index contributed by atoms with van der Waals surface area (Å²) in [5, 5.41) is 20.3. The van der Waals surface area contributed by atoms with E-state index in [-0.39, 0.29) is 6.61 Å². The SMILES string of the molecule is CCCCCCCCCCCCCCO[C@H]1O[C@@H]2COP(=O)([O-])O[C@H]2[C@H](O)[C@H]1O. The Bertz CT molecular complexity index is 489. The minimum Gasteiger partial charge on any atom is -0.756 e. The summed E-state index contributed by atoms with van der Waals surface area (Å²) in [6.45, 7) is 2.39. The molecule has 0 aromatic heterocycles. The molecule has 172 valence electrons. The Kier molecular flexibility index (Phi) is 11.6. The summed E-state index contributed by atoms with van der Waals surface area (Å²) >= 11 is 0. The first-order chi connectivity index (χ1) is 13.9. The zero-order valence-electron chi connectivity index (χ0n) is 17.6. The second-order valence-electron chi connectivity index (χ2n) is 8.10. The Morgan fingerprint density at radius 2 is 1.48 bits per heavy atom. The molecule has 0 saturated carbocycles. The van der Waals surface area contributed by atoms with E-state index in [9.17, 15) is 19.7 Å². The van der Waals surface area contributed by atoms with Gasteiger partial charge in [0.2, 0.25) is 0 Å². The van der Waals surface area contributed by atoms with Crippen LogP contribution in [0.25, 0.3) is 0 Å². The fraction of sp³-hybridized carbons (Fsp3) is 1.00. The summed E-state index contributed by atoms with van der Waals surface area (Å²) in [5.74, 6) is 0. The molecule has 8 nitrogen and oxygen atoms in total. The van der Waals surface area contributed by atoms with Crippen molar-refractivity contribution < 1.29 is 38.2 Å². The summed E-state index contributed by atoms with van der Waals surface area (Å²) in [5.41, 5.74) is 0. The summed E-state index contributed by atoms with van der Waals surface area (Å²) in [6, 6.07) is 0. The van der Waals surface area contributed by atoms with E-state index < -0.39 is 38.5 Å². The van der Waals surface area contributed by atoms with Crippen molar-refractivity contribution in [3.63, 3.8) is 0 Å². The van der Waals surface area contributed by atoms with Gasteiger partial charge in [0.1, 0.15) is 24.4 Å². The van der Waals surface area contributed by atoms with Crippen LogP contribution in [0, 0.1) is 0 Å². The maximum atomic E-state index is 11.4. The second-order valence-corrected chi connectivity index (χ2v) is 9.46. The fourth-order valence-electron chi connectivity index (χ4n) is 3.79. The lowest BCUT2D eigenvalue weighted by atomic mass is 9.99. The largest absolute Gasteiger partial charge is 0.756 e. The van der Waals surface area contributed by atoms with Crippen LogP contribution in [0.1, 0.15) is 84.0 Å². The molecule has 2 heterocycles. The number of aliphatic hydroxyl groups excluding tert-OH is 2. The molecule has 0 aromatic rings. The van der Waals surface area contributed by atoms with Crippen molar-refractivity contribution in [2.24, 2.45) is 0 Å². The molecule has 2 saturated heterocycles. The number of fused-ring (bicyclic) bond motifs is 1. The highest BCUT2D eigenvalue weighted by molar-refractivity contribution is 7.45. The molecule has 0 aromatic carbocycles. The lowest BCUT2D eigenvalue weighted by Gasteiger charge is -2.46. The molecule has 2 aliphatic heterocycles. The van der Waals surface area contributed by atoms with Gasteiger partial charge < -0.3 is 33.6 Å². The lowest BCUT2D eigenvalue weighted by molar-refractivity contribution is -0.324. The molecule has 9 heteroatoms. The Hall–Kier alpha value is -0.0500. The fourth-order valence-corrected chi connectivity index (χ4v) is 4.74. The standard InChI is InChI=1S/C20H39O8P/c1-2-3-4-5-6-7-8-9-10-11-12-13-14-25-20-18(22)17(21)19-16(27-20)15-26-29(23,24)28-19/h16-22H,2-15H2,1H3,(H,23,24)/p-1/t16-,17-,18-,19-,20+/m1/s1. The van der Waals surface area contributed by atoms with Crippen molar-refractivity contribution in [3.05, 3.63) is 0 Å². The summed E-state index contributed by atoms with van der Waals surface area (Å²) in [6.07, 6.45) is 9.17. The quantitative estimate of drug-likeness (QED) is 0.315. The van der Waals surface area contributed by atoms with Gasteiger partial charge in [0.25, 0.3) is 7.82 Å². The molecule has 6 atom stereocenters. The van der Waals surface area contributed by atoms with Crippen LogP contribution in [0.5, 0.6) is 0 Å². The predicted molar refractivity (Wildman–Crippen MR) is 106 cm³/mol. The lowest BCUT2D eigenvalue weighted by Crippen LogP contribution is -2.61. The van der Waals surface area contributed by atoms with Crippen molar-refractivity contribution in [1.82, 2.24) is 0 Å². The van der Waals surface area contributed by atoms with Crippen LogP contribution >= 0.6 is 7.82 Å². The third-order valence-electron chi connectivity index (χ3n) is 5.57. The van der Waals surface area contributed by atoms with Crippen molar-refractivity contribution >= 4 is 7.82 Å². The van der Waals surface area contributed by atoms with Crippen LogP contribution in [0.3, 0.4) is 0 Å². The van der Waals surface area contributed by atoms with E-state index in [1.165, 1.54) is 57.8 Å². The van der Waals surface area contributed by atoms with E-state index >= 15 is 0 Å². The van der Waals surface area contributed by atoms with Gasteiger partial charge in [-0.1, -0.05) is 77.6 Å². The molecule has 2 rings (SSSR count). The van der Waals surface area contributed by atoms with Crippen LogP contribution in [-0.2, 0) is 23.1 Å². The smallest absolute Gasteiger partial charge is 0.268 e. The number of aliphatic hydroxyl groups is 2. The van der Waals surface area contributed by atoms with Crippen molar-refractivity contribution in [2.75, 3.05) is 13.2 Å². The molecule has 0 aliphatic carbocycles. The Morgan fingerprint density at radius 3 is 2.07 bits per heavy atom. The van der Waals surface area contributed by atoms with E-state index in [0.29, 0.717) is 6.61 Å². The van der Waals surface area contributed by atoms with Crippen molar-refractivity contribution in [2.45, 2.75) is 115 Å². The van der Waals surface area contributed by atoms with Crippen LogP contribution < -0.4 is 4.89 Å². The Balaban J connectivity index is 1.49. The highest BCUT2D eigenvalue weighted by atomic mass is 31.2. The second kappa shape index (κ2) is 13.4. The Labute approximate surface area is 174 Å². The summed E-state index contributed by atoms with van der Waals surface area (Å²) < 4.78 is 31.8. The number of hydrogen-bond acceptors (Lipinski definition) is 8. The topological polar surface area (TPSA) is 118 Å². The zero-order valence-corrected chi connectivity index (χ0v) is 18.5. The van der Waals surface area contributed by atoms with E-state index in [1.54, 1.807) is 0 Å². The summed E-state index contributed by atoms with van der Waals surface area (Å²) in [7, 11) is -4.45. The van der Waals surface area contributed by atoms with Gasteiger partial charge in [-0.2, -0.15) is 0 Å². The summed E-state index contributed by atoms with van der Waals surface area (Å²) in [4.78, 5) is 11.4. The van der Waals surface area contributed by atoms with Crippen molar-refractivity contribution in [3.8, 4) is 0 Å². The van der Waals surface area contributed by atoms with Gasteiger partial charge in [-0.25, -0.2) is 0 Å². The number of phosphoric ester groups is 1. The molecule has 2 N–H and O–H groups in total. The number of ether oxygens (including phenoxy) is 2. The van der Waals surface area contributed by atoms with Crippen LogP contribution in [-0.4, -0.2) is 54.1 Å². The first-order valence-corrected chi connectivity index (χ1v) is 12.7. The molecule has 29 heavy (non-hydrogen) atoms. The van der Waals surface area contributed by atoms with Crippen LogP contribution in [0.4, 0.5) is 0 Å². The zero-order chi connectivity index (χ0) is 21.1. The van der Waals surface area contributed by atoms with E-state index in [1.807, 2.05) is 0 Å². The third kappa shape index (κ3) is 8.91. The molecular formula is C20H38O8P-. The van der Waals surface area contributed by atoms with Gasteiger partial charge in [-0.05, 0) is 6.42 Å². The maximum Gasteiger partial charge on any atom is 0.268 e. The first kappa shape index (κ1) is 25.2. The maximum absolute atomic E-state index is 11.4. The van der Waals surface area contributed by atoms with Gasteiger partial charge >= 0.3 is 0 Å². The van der Waals surface area contributed by atoms with Gasteiger partial charge in [0.15, 0.2) is 6.29 Å². The average Bonchev–Trinajstić information content (AvgIpc) is 2.69. The van der Waals surface area contributed by atoms with Gasteiger partial charge in [0, 0.05) is 6.61 Å². The number of unbranched alkanes of at least 4 members (excludes halogenated alkanes) is 11. The highest BCUT2D eigenvalue weighted by Gasteiger charge is 2.49. The predicted octanol–water partition coefficient (Wildman–Crippen LogP) is 3.03. The number of hydrogen-bond donors (Lipinski definition) is 2. The molecule has 2 aliphatic rings.